The van der Waals surface area contributed by atoms with Gasteiger partial charge in [-0.25, -0.2) is 0 Å². The molecule has 0 aromatic carbocycles. The fraction of sp³-hybridized carbons (Fsp3) is 0.875. The molecule has 2 bridgehead atoms. The van der Waals surface area contributed by atoms with Crippen molar-refractivity contribution in [1.82, 2.24) is 0 Å². The molecule has 2 heteroatoms. The first-order chi connectivity index (χ1) is 4.77. The Balaban J connectivity index is 2.08. The average Bonchev–Trinajstić information content (AvgIpc) is 2.44. The Labute approximate surface area is 60.2 Å². The Morgan fingerprint density at radius 3 is 2.40 bits per heavy atom. The maximum Gasteiger partial charge on any atom is 0.0448 e. The Bertz CT molecular complexity index is 165. The van der Waals surface area contributed by atoms with Gasteiger partial charge in [-0.2, -0.15) is 0 Å². The zero-order chi connectivity index (χ0) is 7.14. The summed E-state index contributed by atoms with van der Waals surface area (Å²) in [5.41, 5.74) is 0. The summed E-state index contributed by atoms with van der Waals surface area (Å²) in [6, 6.07) is 0. The lowest BCUT2D eigenvalue weighted by Crippen LogP contribution is -2.34. The van der Waals surface area contributed by atoms with Crippen molar-refractivity contribution in [2.45, 2.75) is 25.7 Å². The number of hydrogen-bond acceptors (Lipinski definition) is 2. The number of aliphatic carboxylic acids is 1. The second-order valence-electron chi connectivity index (χ2n) is 3.60. The third kappa shape index (κ3) is 0.746. The maximum atomic E-state index is 10.5. The van der Waals surface area contributed by atoms with E-state index in [4.69, 9.17) is 0 Å². The number of carbonyl (C=O) groups excluding carboxylic acids is 1. The number of hydrogen-bond donors (Lipinski definition) is 0. The minimum Gasteiger partial charge on any atom is -0.550 e. The van der Waals surface area contributed by atoms with E-state index in [-0.39, 0.29) is 5.92 Å². The van der Waals surface area contributed by atoms with Crippen LogP contribution in [0.15, 0.2) is 0 Å². The first kappa shape index (κ1) is 6.20. The minimum atomic E-state index is -0.813. The molecule has 10 heavy (non-hydrogen) atoms. The van der Waals surface area contributed by atoms with Gasteiger partial charge in [0, 0.05) is 11.9 Å². The molecule has 0 aromatic rings. The Morgan fingerprint density at radius 2 is 2.10 bits per heavy atom. The molecular formula is C8H11O2-. The van der Waals surface area contributed by atoms with E-state index in [0.717, 1.165) is 19.3 Å². The molecule has 2 fully saturated rings. The summed E-state index contributed by atoms with van der Waals surface area (Å²) in [7, 11) is 0. The summed E-state index contributed by atoms with van der Waals surface area (Å²) in [5.74, 6) is 0.272. The predicted molar refractivity (Wildman–Crippen MR) is 33.9 cm³/mol. The van der Waals surface area contributed by atoms with Crippen LogP contribution in [0.1, 0.15) is 25.7 Å². The zero-order valence-electron chi connectivity index (χ0n) is 5.88. The molecule has 0 N–H and O–H groups in total. The lowest BCUT2D eigenvalue weighted by atomic mass is 9.89. The van der Waals surface area contributed by atoms with E-state index >= 15 is 0 Å². The molecule has 0 heterocycles. The van der Waals surface area contributed by atoms with Crippen LogP contribution in [0.3, 0.4) is 0 Å². The standard InChI is InChI=1S/C8H12O2/c9-8(10)7-4-5-1-2-6(7)3-5/h5-7H,1-4H2,(H,9,10)/p-1. The van der Waals surface area contributed by atoms with Crippen LogP contribution in [0.4, 0.5) is 0 Å². The van der Waals surface area contributed by atoms with Gasteiger partial charge in [0.15, 0.2) is 0 Å². The fourth-order valence-electron chi connectivity index (χ4n) is 2.53. The summed E-state index contributed by atoms with van der Waals surface area (Å²) in [5, 5.41) is 10.5. The highest BCUT2D eigenvalue weighted by atomic mass is 16.4. The van der Waals surface area contributed by atoms with Crippen LogP contribution in [0.25, 0.3) is 0 Å². The summed E-state index contributed by atoms with van der Waals surface area (Å²) >= 11 is 0. The van der Waals surface area contributed by atoms with Crippen LogP contribution >= 0.6 is 0 Å². The molecule has 2 aliphatic carbocycles. The number of carboxylic acid groups (broad SMARTS) is 1. The number of fused-ring (bicyclic) bond motifs is 2. The van der Waals surface area contributed by atoms with E-state index in [2.05, 4.69) is 0 Å². The SMILES string of the molecule is O=C([O-])C1CC2CCC1C2. The molecular weight excluding hydrogens is 128 g/mol. The molecule has 2 saturated carbocycles. The van der Waals surface area contributed by atoms with Gasteiger partial charge < -0.3 is 9.90 Å². The lowest BCUT2D eigenvalue weighted by molar-refractivity contribution is -0.313. The molecule has 3 atom stereocenters. The van der Waals surface area contributed by atoms with Gasteiger partial charge >= 0.3 is 0 Å². The predicted octanol–water partition coefficient (Wildman–Crippen LogP) is 0.172. The van der Waals surface area contributed by atoms with Crippen molar-refractivity contribution in [3.63, 3.8) is 0 Å². The summed E-state index contributed by atoms with van der Waals surface area (Å²) in [6.07, 6.45) is 4.43. The second-order valence-corrected chi connectivity index (χ2v) is 3.60. The fourth-order valence-corrected chi connectivity index (χ4v) is 2.53. The summed E-state index contributed by atoms with van der Waals surface area (Å²) in [6.45, 7) is 0. The molecule has 0 amide bonds. The molecule has 2 rings (SSSR count). The lowest BCUT2D eigenvalue weighted by Gasteiger charge is -2.21. The van der Waals surface area contributed by atoms with Crippen LogP contribution in [-0.2, 0) is 4.79 Å². The van der Waals surface area contributed by atoms with Gasteiger partial charge in [-0.1, -0.05) is 6.42 Å². The van der Waals surface area contributed by atoms with Crippen molar-refractivity contribution >= 4 is 5.97 Å². The monoisotopic (exact) mass is 139 g/mol. The minimum absolute atomic E-state index is 0.0984. The zero-order valence-corrected chi connectivity index (χ0v) is 5.88. The van der Waals surface area contributed by atoms with E-state index in [1.807, 2.05) is 0 Å². The Morgan fingerprint density at radius 1 is 1.30 bits per heavy atom. The third-order valence-corrected chi connectivity index (χ3v) is 3.04. The van der Waals surface area contributed by atoms with E-state index in [0.29, 0.717) is 11.8 Å². The van der Waals surface area contributed by atoms with Crippen molar-refractivity contribution in [2.75, 3.05) is 0 Å². The van der Waals surface area contributed by atoms with Gasteiger partial charge in [-0.15, -0.1) is 0 Å². The number of carboxylic acids is 1. The highest BCUT2D eigenvalue weighted by Crippen LogP contribution is 2.47. The first-order valence-electron chi connectivity index (χ1n) is 3.98. The topological polar surface area (TPSA) is 40.1 Å². The largest absolute Gasteiger partial charge is 0.550 e. The van der Waals surface area contributed by atoms with Gasteiger partial charge in [0.25, 0.3) is 0 Å². The van der Waals surface area contributed by atoms with Crippen LogP contribution in [0, 0.1) is 17.8 Å². The smallest absolute Gasteiger partial charge is 0.0448 e. The van der Waals surface area contributed by atoms with Gasteiger partial charge in [-0.3, -0.25) is 0 Å². The molecule has 0 saturated heterocycles. The van der Waals surface area contributed by atoms with Crippen molar-refractivity contribution < 1.29 is 9.90 Å². The third-order valence-electron chi connectivity index (χ3n) is 3.04. The van der Waals surface area contributed by atoms with Gasteiger partial charge in [0.1, 0.15) is 0 Å². The van der Waals surface area contributed by atoms with Gasteiger partial charge in [0.2, 0.25) is 0 Å². The van der Waals surface area contributed by atoms with Crippen LogP contribution in [0.5, 0.6) is 0 Å². The molecule has 2 nitrogen and oxygen atoms in total. The van der Waals surface area contributed by atoms with E-state index in [1.165, 1.54) is 6.42 Å². The Kier molecular flexibility index (Phi) is 1.22. The van der Waals surface area contributed by atoms with Crippen LogP contribution < -0.4 is 5.11 Å². The average molecular weight is 139 g/mol. The molecule has 0 radical (unpaired) electrons. The van der Waals surface area contributed by atoms with E-state index in [1.54, 1.807) is 0 Å². The van der Waals surface area contributed by atoms with Crippen LogP contribution in [-0.4, -0.2) is 5.97 Å². The normalized spacial score (nSPS) is 44.2. The van der Waals surface area contributed by atoms with Crippen LogP contribution in [0.2, 0.25) is 0 Å². The molecule has 56 valence electrons. The molecule has 0 aromatic heterocycles. The highest BCUT2D eigenvalue weighted by molar-refractivity contribution is 5.68. The molecule has 0 aliphatic heterocycles. The van der Waals surface area contributed by atoms with Crippen molar-refractivity contribution in [1.29, 1.82) is 0 Å². The summed E-state index contributed by atoms with van der Waals surface area (Å²) < 4.78 is 0. The molecule has 2 aliphatic rings. The van der Waals surface area contributed by atoms with Gasteiger partial charge in [-0.05, 0) is 31.1 Å². The maximum absolute atomic E-state index is 10.5. The quantitative estimate of drug-likeness (QED) is 0.519. The summed E-state index contributed by atoms with van der Waals surface area (Å²) in [4.78, 5) is 10.5. The van der Waals surface area contributed by atoms with E-state index in [9.17, 15) is 9.90 Å². The van der Waals surface area contributed by atoms with Crippen molar-refractivity contribution in [3.05, 3.63) is 0 Å². The molecule has 3 unspecified atom stereocenters. The van der Waals surface area contributed by atoms with Gasteiger partial charge in [0.05, 0.1) is 0 Å². The van der Waals surface area contributed by atoms with E-state index < -0.39 is 5.97 Å². The highest BCUT2D eigenvalue weighted by Gasteiger charge is 2.39. The number of carbonyl (C=O) groups is 1. The number of rotatable bonds is 1. The van der Waals surface area contributed by atoms with Crippen molar-refractivity contribution in [2.24, 2.45) is 17.8 Å². The van der Waals surface area contributed by atoms with Crippen molar-refractivity contribution in [3.8, 4) is 0 Å². The molecule has 0 spiro atoms. The first-order valence-corrected chi connectivity index (χ1v) is 3.98. The second kappa shape index (κ2) is 1.97. The Hall–Kier alpha value is -0.530.